The van der Waals surface area contributed by atoms with Gasteiger partial charge in [0.25, 0.3) is 0 Å². The normalized spacial score (nSPS) is 10.8. The molecule has 2 heterocycles. The predicted octanol–water partition coefficient (Wildman–Crippen LogP) is 3.41. The molecule has 1 aromatic carbocycles. The zero-order valence-electron chi connectivity index (χ0n) is 13.9. The number of methoxy groups -OCH3 is 1. The molecule has 0 spiro atoms. The molecule has 3 aromatic rings. The van der Waals surface area contributed by atoms with E-state index in [0.717, 1.165) is 39.3 Å². The van der Waals surface area contributed by atoms with Crippen LogP contribution in [-0.4, -0.2) is 27.0 Å². The maximum atomic E-state index is 5.26. The second-order valence-electron chi connectivity index (χ2n) is 5.48. The fourth-order valence-corrected chi connectivity index (χ4v) is 2.38. The van der Waals surface area contributed by atoms with Crippen molar-refractivity contribution in [1.29, 1.82) is 0 Å². The van der Waals surface area contributed by atoms with E-state index in [4.69, 9.17) is 4.74 Å². The van der Waals surface area contributed by atoms with Gasteiger partial charge >= 0.3 is 0 Å². The fourth-order valence-electron chi connectivity index (χ4n) is 2.38. The van der Waals surface area contributed by atoms with Crippen molar-refractivity contribution < 1.29 is 4.74 Å². The summed E-state index contributed by atoms with van der Waals surface area (Å²) in [5, 5.41) is 4.09. The number of hydrogen-bond donors (Lipinski definition) is 1. The van der Waals surface area contributed by atoms with Gasteiger partial charge in [0.1, 0.15) is 5.75 Å². The van der Waals surface area contributed by atoms with Gasteiger partial charge in [-0.3, -0.25) is 5.32 Å². The lowest BCUT2D eigenvalue weighted by Crippen LogP contribution is -2.06. The van der Waals surface area contributed by atoms with E-state index >= 15 is 0 Å². The number of hydrogen-bond acceptors (Lipinski definition) is 6. The Morgan fingerprint density at radius 2 is 1.43 bits per heavy atom. The molecule has 2 aromatic heterocycles. The van der Waals surface area contributed by atoms with Crippen molar-refractivity contribution in [3.05, 3.63) is 40.8 Å². The number of fused-ring (bicyclic) bond motifs is 1. The van der Waals surface area contributed by atoms with Crippen LogP contribution in [0.4, 0.5) is 11.9 Å². The summed E-state index contributed by atoms with van der Waals surface area (Å²) in [6.07, 6.45) is 0. The molecule has 118 valence electrons. The first-order valence-corrected chi connectivity index (χ1v) is 7.39. The van der Waals surface area contributed by atoms with Crippen LogP contribution in [-0.2, 0) is 0 Å². The number of nitrogens with one attached hydrogen (secondary N) is 1. The van der Waals surface area contributed by atoms with Crippen molar-refractivity contribution >= 4 is 22.8 Å². The van der Waals surface area contributed by atoms with Gasteiger partial charge < -0.3 is 4.74 Å². The maximum Gasteiger partial charge on any atom is 0.230 e. The van der Waals surface area contributed by atoms with Gasteiger partial charge in [0.15, 0.2) is 0 Å². The fraction of sp³-hybridized carbons (Fsp3) is 0.294. The third kappa shape index (κ3) is 2.92. The monoisotopic (exact) mass is 309 g/mol. The molecule has 0 radical (unpaired) electrons. The van der Waals surface area contributed by atoms with E-state index < -0.39 is 0 Å². The number of rotatable bonds is 3. The highest BCUT2D eigenvalue weighted by Crippen LogP contribution is 2.23. The molecule has 23 heavy (non-hydrogen) atoms. The summed E-state index contributed by atoms with van der Waals surface area (Å²) in [5.41, 5.74) is 4.69. The number of nitrogens with zero attached hydrogens (tertiary/aromatic N) is 4. The van der Waals surface area contributed by atoms with Crippen LogP contribution in [0.1, 0.15) is 22.6 Å². The molecule has 0 atom stereocenters. The summed E-state index contributed by atoms with van der Waals surface area (Å²) in [4.78, 5) is 17.9. The quantitative estimate of drug-likeness (QED) is 0.799. The van der Waals surface area contributed by atoms with Crippen LogP contribution in [0.2, 0.25) is 0 Å². The zero-order chi connectivity index (χ0) is 16.6. The molecule has 0 saturated heterocycles. The molecule has 6 heteroatoms. The van der Waals surface area contributed by atoms with Crippen LogP contribution < -0.4 is 10.1 Å². The van der Waals surface area contributed by atoms with Crippen LogP contribution in [0.3, 0.4) is 0 Å². The van der Waals surface area contributed by atoms with Gasteiger partial charge in [-0.1, -0.05) is 0 Å². The molecule has 1 N–H and O–H groups in total. The topological polar surface area (TPSA) is 72.8 Å². The Morgan fingerprint density at radius 1 is 0.826 bits per heavy atom. The van der Waals surface area contributed by atoms with Crippen LogP contribution in [0.5, 0.6) is 5.75 Å². The van der Waals surface area contributed by atoms with Gasteiger partial charge in [0.05, 0.1) is 18.3 Å². The first kappa shape index (κ1) is 15.1. The molecule has 0 unspecified atom stereocenters. The first-order chi connectivity index (χ1) is 11.0. The number of benzene rings is 1. The van der Waals surface area contributed by atoms with Crippen molar-refractivity contribution in [2.45, 2.75) is 27.7 Å². The van der Waals surface area contributed by atoms with Crippen molar-refractivity contribution in [2.24, 2.45) is 0 Å². The molecular weight excluding hydrogens is 290 g/mol. The van der Waals surface area contributed by atoms with Crippen molar-refractivity contribution in [3.63, 3.8) is 0 Å². The molecular formula is C17H19N5O. The lowest BCUT2D eigenvalue weighted by molar-refractivity contribution is 0.415. The number of aryl methyl sites for hydroxylation is 3. The summed E-state index contributed by atoms with van der Waals surface area (Å²) in [6.45, 7) is 7.89. The Hall–Kier alpha value is -2.76. The minimum atomic E-state index is 0.478. The van der Waals surface area contributed by atoms with Crippen LogP contribution in [0.15, 0.2) is 18.2 Å². The molecule has 6 nitrogen and oxygen atoms in total. The Bertz CT molecular complexity index is 869. The first-order valence-electron chi connectivity index (χ1n) is 7.39. The smallest absolute Gasteiger partial charge is 0.230 e. The van der Waals surface area contributed by atoms with Crippen LogP contribution in [0, 0.1) is 27.7 Å². The van der Waals surface area contributed by atoms with Gasteiger partial charge in [0.2, 0.25) is 11.9 Å². The number of anilines is 2. The van der Waals surface area contributed by atoms with Crippen molar-refractivity contribution in [2.75, 3.05) is 12.4 Å². The Morgan fingerprint density at radius 3 is 2.09 bits per heavy atom. The van der Waals surface area contributed by atoms with Gasteiger partial charge in [-0.25, -0.2) is 19.9 Å². The molecule has 3 rings (SSSR count). The van der Waals surface area contributed by atoms with E-state index in [1.165, 1.54) is 0 Å². The van der Waals surface area contributed by atoms with Crippen LogP contribution >= 0.6 is 0 Å². The highest BCUT2D eigenvalue weighted by Gasteiger charge is 2.09. The SMILES string of the molecule is COc1ccc2c(C)nc(Nc3nc(C)c(C)c(C)n3)nc2c1. The summed E-state index contributed by atoms with van der Waals surface area (Å²) >= 11 is 0. The van der Waals surface area contributed by atoms with E-state index in [-0.39, 0.29) is 0 Å². The van der Waals surface area contributed by atoms with Gasteiger partial charge in [-0.15, -0.1) is 0 Å². The van der Waals surface area contributed by atoms with E-state index in [0.29, 0.717) is 11.9 Å². The predicted molar refractivity (Wildman–Crippen MR) is 90.4 cm³/mol. The molecule has 0 aliphatic heterocycles. The lowest BCUT2D eigenvalue weighted by atomic mass is 10.2. The van der Waals surface area contributed by atoms with E-state index in [2.05, 4.69) is 25.3 Å². The number of ether oxygens (including phenoxy) is 1. The maximum absolute atomic E-state index is 5.26. The minimum Gasteiger partial charge on any atom is -0.497 e. The van der Waals surface area contributed by atoms with Crippen LogP contribution in [0.25, 0.3) is 10.9 Å². The van der Waals surface area contributed by atoms with Crippen molar-refractivity contribution in [3.8, 4) is 5.75 Å². The third-order valence-electron chi connectivity index (χ3n) is 3.95. The second-order valence-corrected chi connectivity index (χ2v) is 5.48. The summed E-state index contributed by atoms with van der Waals surface area (Å²) in [7, 11) is 1.64. The zero-order valence-corrected chi connectivity index (χ0v) is 13.9. The molecule has 0 fully saturated rings. The molecule has 0 amide bonds. The average molecular weight is 309 g/mol. The van der Waals surface area contributed by atoms with Gasteiger partial charge in [0, 0.05) is 22.8 Å². The Labute approximate surface area is 135 Å². The van der Waals surface area contributed by atoms with Crippen molar-refractivity contribution in [1.82, 2.24) is 19.9 Å². The third-order valence-corrected chi connectivity index (χ3v) is 3.95. The minimum absolute atomic E-state index is 0.478. The highest BCUT2D eigenvalue weighted by atomic mass is 16.5. The van der Waals surface area contributed by atoms with E-state index in [9.17, 15) is 0 Å². The second kappa shape index (κ2) is 5.79. The molecule has 0 aliphatic carbocycles. The number of aromatic nitrogens is 4. The Kier molecular flexibility index (Phi) is 3.82. The largest absolute Gasteiger partial charge is 0.497 e. The van der Waals surface area contributed by atoms with E-state index in [1.54, 1.807) is 7.11 Å². The van der Waals surface area contributed by atoms with Gasteiger partial charge in [-0.05, 0) is 45.4 Å². The molecule has 0 aliphatic rings. The summed E-state index contributed by atoms with van der Waals surface area (Å²) in [5.74, 6) is 1.75. The summed E-state index contributed by atoms with van der Waals surface area (Å²) < 4.78 is 5.26. The average Bonchev–Trinajstić information content (AvgIpc) is 2.52. The highest BCUT2D eigenvalue weighted by molar-refractivity contribution is 5.83. The molecule has 0 bridgehead atoms. The summed E-state index contributed by atoms with van der Waals surface area (Å²) in [6, 6.07) is 5.76. The Balaban J connectivity index is 2.03. The standard InChI is InChI=1S/C17H19N5O/c1-9-10(2)18-16(19-11(9)3)22-17-20-12(4)14-7-6-13(23-5)8-15(14)21-17/h6-8H,1-5H3,(H,18,19,20,21,22). The lowest BCUT2D eigenvalue weighted by Gasteiger charge is -2.10. The molecule has 0 saturated carbocycles. The van der Waals surface area contributed by atoms with E-state index in [1.807, 2.05) is 45.9 Å². The van der Waals surface area contributed by atoms with Gasteiger partial charge in [-0.2, -0.15) is 0 Å².